The van der Waals surface area contributed by atoms with Gasteiger partial charge in [0.1, 0.15) is 5.82 Å². The first kappa shape index (κ1) is 21.2. The third-order valence-corrected chi connectivity index (χ3v) is 6.20. The molecule has 0 spiro atoms. The summed E-state index contributed by atoms with van der Waals surface area (Å²) in [5.74, 6) is 1.89. The van der Waals surface area contributed by atoms with Crippen molar-refractivity contribution in [1.82, 2.24) is 20.3 Å². The molecule has 1 aromatic carbocycles. The van der Waals surface area contributed by atoms with Crippen LogP contribution in [-0.4, -0.2) is 27.4 Å². The Morgan fingerprint density at radius 2 is 1.84 bits per heavy atom. The van der Waals surface area contributed by atoms with Crippen LogP contribution in [0.5, 0.6) is 0 Å². The monoisotopic (exact) mass is 414 g/mol. The van der Waals surface area contributed by atoms with Crippen LogP contribution in [0.15, 0.2) is 55.0 Å². The standard InChI is InChI=1S/C26H30N4O/c1-18-4-3-5-21(14-18)15-25(31)29-16-20-6-8-23(9-7-20)26-24(17-28-19(2)30-26)22-10-12-27-13-11-22/h3-5,10-14,17,20,23H,6-9,15-16H2,1-2H3,(H,29,31). The van der Waals surface area contributed by atoms with Gasteiger partial charge < -0.3 is 5.32 Å². The minimum Gasteiger partial charge on any atom is -0.356 e. The number of amides is 1. The van der Waals surface area contributed by atoms with Crippen molar-refractivity contribution in [3.8, 4) is 11.1 Å². The summed E-state index contributed by atoms with van der Waals surface area (Å²) < 4.78 is 0. The lowest BCUT2D eigenvalue weighted by Crippen LogP contribution is -2.32. The van der Waals surface area contributed by atoms with Gasteiger partial charge in [0.25, 0.3) is 0 Å². The summed E-state index contributed by atoms with van der Waals surface area (Å²) in [5, 5.41) is 3.15. The molecule has 160 valence electrons. The number of nitrogens with zero attached hydrogens (tertiary/aromatic N) is 3. The fraction of sp³-hybridized carbons (Fsp3) is 0.385. The highest BCUT2D eigenvalue weighted by Crippen LogP contribution is 2.38. The van der Waals surface area contributed by atoms with Crippen molar-refractivity contribution in [2.24, 2.45) is 5.92 Å². The molecular weight excluding hydrogens is 384 g/mol. The third kappa shape index (κ3) is 5.54. The van der Waals surface area contributed by atoms with Gasteiger partial charge in [0.2, 0.25) is 5.91 Å². The molecule has 3 aromatic rings. The molecule has 1 N–H and O–H groups in total. The van der Waals surface area contributed by atoms with Gasteiger partial charge in [-0.25, -0.2) is 9.97 Å². The van der Waals surface area contributed by atoms with Crippen LogP contribution >= 0.6 is 0 Å². The fourth-order valence-electron chi connectivity index (χ4n) is 4.52. The zero-order chi connectivity index (χ0) is 21.6. The van der Waals surface area contributed by atoms with Gasteiger partial charge in [-0.15, -0.1) is 0 Å². The number of aromatic nitrogens is 3. The largest absolute Gasteiger partial charge is 0.356 e. The van der Waals surface area contributed by atoms with Crippen molar-refractivity contribution < 1.29 is 4.79 Å². The van der Waals surface area contributed by atoms with E-state index in [0.717, 1.165) is 60.4 Å². The van der Waals surface area contributed by atoms with Crippen molar-refractivity contribution in [2.45, 2.75) is 51.9 Å². The lowest BCUT2D eigenvalue weighted by Gasteiger charge is -2.29. The maximum atomic E-state index is 12.4. The molecule has 1 aliphatic carbocycles. The van der Waals surface area contributed by atoms with Crippen LogP contribution in [0.25, 0.3) is 11.1 Å². The van der Waals surface area contributed by atoms with E-state index in [9.17, 15) is 4.79 Å². The van der Waals surface area contributed by atoms with Crippen LogP contribution in [0.1, 0.15) is 54.2 Å². The Hall–Kier alpha value is -3.08. The van der Waals surface area contributed by atoms with Gasteiger partial charge in [-0.1, -0.05) is 29.8 Å². The van der Waals surface area contributed by atoms with E-state index in [4.69, 9.17) is 4.98 Å². The summed E-state index contributed by atoms with van der Waals surface area (Å²) in [5.41, 5.74) is 5.65. The summed E-state index contributed by atoms with van der Waals surface area (Å²) >= 11 is 0. The van der Waals surface area contributed by atoms with E-state index in [1.807, 2.05) is 49.8 Å². The minimum absolute atomic E-state index is 0.110. The first-order valence-corrected chi connectivity index (χ1v) is 11.1. The number of hydrogen-bond donors (Lipinski definition) is 1. The Bertz CT molecular complexity index is 1030. The van der Waals surface area contributed by atoms with Crippen LogP contribution in [0, 0.1) is 19.8 Å². The molecule has 0 radical (unpaired) electrons. The van der Waals surface area contributed by atoms with E-state index in [1.54, 1.807) is 0 Å². The van der Waals surface area contributed by atoms with Crippen molar-refractivity contribution in [1.29, 1.82) is 0 Å². The van der Waals surface area contributed by atoms with E-state index in [-0.39, 0.29) is 5.91 Å². The summed E-state index contributed by atoms with van der Waals surface area (Å²) in [6.45, 7) is 4.77. The summed E-state index contributed by atoms with van der Waals surface area (Å²) in [7, 11) is 0. The Kier molecular flexibility index (Phi) is 6.70. The van der Waals surface area contributed by atoms with Crippen LogP contribution in [0.2, 0.25) is 0 Å². The lowest BCUT2D eigenvalue weighted by atomic mass is 9.79. The number of benzene rings is 1. The highest BCUT2D eigenvalue weighted by molar-refractivity contribution is 5.78. The number of hydrogen-bond acceptors (Lipinski definition) is 4. The molecule has 31 heavy (non-hydrogen) atoms. The Morgan fingerprint density at radius 1 is 1.06 bits per heavy atom. The second-order valence-electron chi connectivity index (χ2n) is 8.64. The molecule has 0 unspecified atom stereocenters. The fourth-order valence-corrected chi connectivity index (χ4v) is 4.52. The van der Waals surface area contributed by atoms with Gasteiger partial charge in [0.15, 0.2) is 0 Å². The zero-order valence-electron chi connectivity index (χ0n) is 18.3. The highest BCUT2D eigenvalue weighted by atomic mass is 16.1. The van der Waals surface area contributed by atoms with E-state index in [0.29, 0.717) is 18.3 Å². The van der Waals surface area contributed by atoms with Gasteiger partial charge in [0.05, 0.1) is 12.1 Å². The molecule has 2 heterocycles. The maximum Gasteiger partial charge on any atom is 0.224 e. The van der Waals surface area contributed by atoms with Crippen LogP contribution in [0.4, 0.5) is 0 Å². The molecule has 1 aliphatic rings. The second-order valence-corrected chi connectivity index (χ2v) is 8.64. The van der Waals surface area contributed by atoms with Crippen molar-refractivity contribution in [3.05, 3.63) is 77.6 Å². The van der Waals surface area contributed by atoms with Gasteiger partial charge >= 0.3 is 0 Å². The quantitative estimate of drug-likeness (QED) is 0.630. The second kappa shape index (κ2) is 9.82. The van der Waals surface area contributed by atoms with E-state index < -0.39 is 0 Å². The highest BCUT2D eigenvalue weighted by Gasteiger charge is 2.26. The van der Waals surface area contributed by atoms with E-state index in [1.165, 1.54) is 5.56 Å². The SMILES string of the molecule is Cc1cccc(CC(=O)NCC2CCC(c3nc(C)ncc3-c3ccncc3)CC2)c1. The molecule has 1 amide bonds. The van der Waals surface area contributed by atoms with Crippen LogP contribution in [-0.2, 0) is 11.2 Å². The lowest BCUT2D eigenvalue weighted by molar-refractivity contribution is -0.120. The molecule has 0 bridgehead atoms. The number of aryl methyl sites for hydroxylation is 2. The minimum atomic E-state index is 0.110. The molecule has 1 fully saturated rings. The zero-order valence-corrected chi connectivity index (χ0v) is 18.3. The molecule has 5 nitrogen and oxygen atoms in total. The first-order valence-electron chi connectivity index (χ1n) is 11.1. The molecule has 0 saturated heterocycles. The third-order valence-electron chi connectivity index (χ3n) is 6.20. The van der Waals surface area contributed by atoms with E-state index in [2.05, 4.69) is 34.3 Å². The van der Waals surface area contributed by atoms with Crippen LogP contribution in [0.3, 0.4) is 0 Å². The predicted molar refractivity (Wildman–Crippen MR) is 123 cm³/mol. The normalized spacial score (nSPS) is 18.5. The Labute approximate surface area is 184 Å². The average molecular weight is 415 g/mol. The van der Waals surface area contributed by atoms with Crippen molar-refractivity contribution in [2.75, 3.05) is 6.54 Å². The molecule has 1 saturated carbocycles. The maximum absolute atomic E-state index is 12.4. The Morgan fingerprint density at radius 3 is 2.58 bits per heavy atom. The van der Waals surface area contributed by atoms with Crippen molar-refractivity contribution in [3.63, 3.8) is 0 Å². The Balaban J connectivity index is 1.33. The van der Waals surface area contributed by atoms with Gasteiger partial charge in [-0.3, -0.25) is 9.78 Å². The molecule has 0 atom stereocenters. The number of nitrogens with one attached hydrogen (secondary N) is 1. The number of pyridine rings is 1. The van der Waals surface area contributed by atoms with Gasteiger partial charge in [0, 0.05) is 36.6 Å². The molecule has 5 heteroatoms. The number of carbonyl (C=O) groups is 1. The van der Waals surface area contributed by atoms with E-state index >= 15 is 0 Å². The van der Waals surface area contributed by atoms with Crippen molar-refractivity contribution >= 4 is 5.91 Å². The average Bonchev–Trinajstić information content (AvgIpc) is 2.79. The molecular formula is C26H30N4O. The first-order chi connectivity index (χ1) is 15.1. The molecule has 2 aromatic heterocycles. The number of rotatable bonds is 6. The molecule has 4 rings (SSSR count). The predicted octanol–water partition coefficient (Wildman–Crippen LogP) is 4.79. The number of carbonyl (C=O) groups excluding carboxylic acids is 1. The summed E-state index contributed by atoms with van der Waals surface area (Å²) in [4.78, 5) is 25.7. The van der Waals surface area contributed by atoms with Gasteiger partial charge in [-0.2, -0.15) is 0 Å². The van der Waals surface area contributed by atoms with Gasteiger partial charge in [-0.05, 0) is 68.7 Å². The summed E-state index contributed by atoms with van der Waals surface area (Å²) in [6.07, 6.45) is 10.4. The topological polar surface area (TPSA) is 67.8 Å². The van der Waals surface area contributed by atoms with Crippen LogP contribution < -0.4 is 5.32 Å². The molecule has 0 aliphatic heterocycles. The smallest absolute Gasteiger partial charge is 0.224 e. The summed E-state index contributed by atoms with van der Waals surface area (Å²) in [6, 6.07) is 12.2.